The minimum atomic E-state index is -0.971. The molecule has 1 N–H and O–H groups in total. The average molecular weight is 291 g/mol. The molecule has 18 heavy (non-hydrogen) atoms. The predicted octanol–water partition coefficient (Wildman–Crippen LogP) is 2.17. The van der Waals surface area contributed by atoms with Gasteiger partial charge in [0.15, 0.2) is 0 Å². The van der Waals surface area contributed by atoms with Crippen molar-refractivity contribution < 1.29 is 14.6 Å². The van der Waals surface area contributed by atoms with Crippen molar-refractivity contribution in [2.45, 2.75) is 12.8 Å². The number of rotatable bonds is 3. The van der Waals surface area contributed by atoms with Crippen molar-refractivity contribution in [1.29, 1.82) is 0 Å². The van der Waals surface area contributed by atoms with E-state index in [2.05, 4.69) is 4.90 Å². The van der Waals surface area contributed by atoms with Gasteiger partial charge in [-0.15, -0.1) is 11.3 Å². The molecule has 0 aromatic carbocycles. The molecule has 1 aromatic heterocycles. The van der Waals surface area contributed by atoms with E-state index >= 15 is 0 Å². The molecule has 1 atom stereocenters. The molecule has 7 heteroatoms. The van der Waals surface area contributed by atoms with Crippen LogP contribution in [0.1, 0.15) is 4.88 Å². The van der Waals surface area contributed by atoms with E-state index in [0.29, 0.717) is 13.2 Å². The van der Waals surface area contributed by atoms with Crippen molar-refractivity contribution in [1.82, 2.24) is 9.80 Å². The largest absolute Gasteiger partial charge is 0.465 e. The van der Waals surface area contributed by atoms with Crippen LogP contribution in [0.2, 0.25) is 4.34 Å². The minimum absolute atomic E-state index is 0.397. The first-order chi connectivity index (χ1) is 8.56. The SMILES string of the molecule is CN(C(=O)O)[C@@H]1CN(Cc2ccc(Cl)s2)CCO1. The van der Waals surface area contributed by atoms with Gasteiger partial charge in [0.25, 0.3) is 0 Å². The maximum atomic E-state index is 10.9. The number of likely N-dealkylation sites (N-methyl/N-ethyl adjacent to an activating group) is 1. The maximum Gasteiger partial charge on any atom is 0.409 e. The van der Waals surface area contributed by atoms with Gasteiger partial charge >= 0.3 is 6.09 Å². The summed E-state index contributed by atoms with van der Waals surface area (Å²) >= 11 is 7.44. The molecule has 0 radical (unpaired) electrons. The Morgan fingerprint density at radius 2 is 2.50 bits per heavy atom. The monoisotopic (exact) mass is 290 g/mol. The lowest BCUT2D eigenvalue weighted by atomic mass is 10.3. The number of amides is 1. The van der Waals surface area contributed by atoms with E-state index in [4.69, 9.17) is 21.4 Å². The Balaban J connectivity index is 1.92. The van der Waals surface area contributed by atoms with Gasteiger partial charge in [-0.1, -0.05) is 11.6 Å². The Labute approximate surface area is 115 Å². The highest BCUT2D eigenvalue weighted by atomic mass is 35.5. The third kappa shape index (κ3) is 3.35. The molecular formula is C11H15ClN2O3S. The Morgan fingerprint density at radius 3 is 3.11 bits per heavy atom. The third-order valence-corrected chi connectivity index (χ3v) is 4.09. The van der Waals surface area contributed by atoms with E-state index < -0.39 is 12.3 Å². The summed E-state index contributed by atoms with van der Waals surface area (Å²) in [4.78, 5) is 15.4. The zero-order valence-corrected chi connectivity index (χ0v) is 11.6. The van der Waals surface area contributed by atoms with Gasteiger partial charge in [-0.25, -0.2) is 4.79 Å². The van der Waals surface area contributed by atoms with E-state index in [1.54, 1.807) is 11.3 Å². The summed E-state index contributed by atoms with van der Waals surface area (Å²) in [7, 11) is 1.53. The highest BCUT2D eigenvalue weighted by molar-refractivity contribution is 7.16. The van der Waals surface area contributed by atoms with Gasteiger partial charge in [0.1, 0.15) is 6.23 Å². The number of nitrogens with zero attached hydrogens (tertiary/aromatic N) is 2. The van der Waals surface area contributed by atoms with Crippen molar-refractivity contribution in [3.05, 3.63) is 21.3 Å². The van der Waals surface area contributed by atoms with Crippen molar-refractivity contribution in [2.75, 3.05) is 26.7 Å². The number of carboxylic acid groups (broad SMARTS) is 1. The van der Waals surface area contributed by atoms with Crippen LogP contribution in [0.3, 0.4) is 0 Å². The maximum absolute atomic E-state index is 10.9. The molecule has 0 bridgehead atoms. The molecule has 2 heterocycles. The van der Waals surface area contributed by atoms with Crippen LogP contribution in [0.15, 0.2) is 12.1 Å². The van der Waals surface area contributed by atoms with Crippen LogP contribution in [0.4, 0.5) is 4.79 Å². The summed E-state index contributed by atoms with van der Waals surface area (Å²) in [5.41, 5.74) is 0. The quantitative estimate of drug-likeness (QED) is 0.927. The molecule has 1 aliphatic rings. The van der Waals surface area contributed by atoms with Crippen LogP contribution < -0.4 is 0 Å². The van der Waals surface area contributed by atoms with E-state index in [-0.39, 0.29) is 0 Å². The van der Waals surface area contributed by atoms with Gasteiger partial charge in [0.2, 0.25) is 0 Å². The molecule has 1 aromatic rings. The second-order valence-electron chi connectivity index (χ2n) is 4.16. The standard InChI is InChI=1S/C11H15ClN2O3S/c1-13(11(15)16)10-7-14(4-5-17-10)6-8-2-3-9(12)18-8/h2-3,10H,4-7H2,1H3,(H,15,16)/t10-/m0/s1. The molecule has 0 spiro atoms. The molecule has 1 aliphatic heterocycles. The zero-order chi connectivity index (χ0) is 13.1. The molecule has 1 amide bonds. The van der Waals surface area contributed by atoms with Crippen molar-refractivity contribution in [2.24, 2.45) is 0 Å². The Kier molecular flexibility index (Phi) is 4.45. The van der Waals surface area contributed by atoms with Gasteiger partial charge in [-0.2, -0.15) is 0 Å². The van der Waals surface area contributed by atoms with Crippen molar-refractivity contribution in [3.8, 4) is 0 Å². The summed E-state index contributed by atoms with van der Waals surface area (Å²) in [6.45, 7) is 2.71. The van der Waals surface area contributed by atoms with Gasteiger partial charge in [0.05, 0.1) is 10.9 Å². The Morgan fingerprint density at radius 1 is 1.72 bits per heavy atom. The number of halogens is 1. The molecular weight excluding hydrogens is 276 g/mol. The number of thiophene rings is 1. The highest BCUT2D eigenvalue weighted by Crippen LogP contribution is 2.23. The Bertz CT molecular complexity index is 426. The van der Waals surface area contributed by atoms with E-state index in [9.17, 15) is 4.79 Å². The van der Waals surface area contributed by atoms with Crippen molar-refractivity contribution >= 4 is 29.0 Å². The summed E-state index contributed by atoms with van der Waals surface area (Å²) in [5, 5.41) is 8.93. The number of carbonyl (C=O) groups is 1. The first kappa shape index (κ1) is 13.6. The summed E-state index contributed by atoms with van der Waals surface area (Å²) < 4.78 is 6.23. The lowest BCUT2D eigenvalue weighted by Crippen LogP contribution is -2.50. The minimum Gasteiger partial charge on any atom is -0.465 e. The molecule has 0 aliphatic carbocycles. The van der Waals surface area contributed by atoms with E-state index in [1.807, 2.05) is 12.1 Å². The average Bonchev–Trinajstić information content (AvgIpc) is 2.74. The van der Waals surface area contributed by atoms with E-state index in [0.717, 1.165) is 17.4 Å². The lowest BCUT2D eigenvalue weighted by molar-refractivity contribution is -0.0942. The van der Waals surface area contributed by atoms with Crippen molar-refractivity contribution in [3.63, 3.8) is 0 Å². The second-order valence-corrected chi connectivity index (χ2v) is 5.96. The van der Waals surface area contributed by atoms with Crippen LogP contribution in [0.5, 0.6) is 0 Å². The van der Waals surface area contributed by atoms with Crippen LogP contribution in [-0.4, -0.2) is 54.0 Å². The van der Waals surface area contributed by atoms with Gasteiger partial charge in [-0.3, -0.25) is 9.80 Å². The molecule has 5 nitrogen and oxygen atoms in total. The summed E-state index contributed by atoms with van der Waals surface area (Å²) in [6, 6.07) is 3.88. The topological polar surface area (TPSA) is 53.0 Å². The van der Waals surface area contributed by atoms with E-state index in [1.165, 1.54) is 16.8 Å². The first-order valence-electron chi connectivity index (χ1n) is 5.60. The zero-order valence-electron chi connectivity index (χ0n) is 10.0. The molecule has 1 fully saturated rings. The molecule has 0 saturated carbocycles. The number of hydrogen-bond donors (Lipinski definition) is 1. The number of hydrogen-bond acceptors (Lipinski definition) is 4. The molecule has 1 saturated heterocycles. The smallest absolute Gasteiger partial charge is 0.409 e. The number of morpholine rings is 1. The van der Waals surface area contributed by atoms with Crippen LogP contribution in [0.25, 0.3) is 0 Å². The first-order valence-corrected chi connectivity index (χ1v) is 6.79. The fourth-order valence-corrected chi connectivity index (χ4v) is 2.97. The predicted molar refractivity (Wildman–Crippen MR) is 70.1 cm³/mol. The summed E-state index contributed by atoms with van der Waals surface area (Å²) in [5.74, 6) is 0. The van der Waals surface area contributed by atoms with Crippen LogP contribution in [0, 0.1) is 0 Å². The van der Waals surface area contributed by atoms with Crippen LogP contribution in [-0.2, 0) is 11.3 Å². The third-order valence-electron chi connectivity index (χ3n) is 2.87. The molecule has 2 rings (SSSR count). The van der Waals surface area contributed by atoms with Gasteiger partial charge in [-0.05, 0) is 12.1 Å². The van der Waals surface area contributed by atoms with Gasteiger partial charge < -0.3 is 9.84 Å². The Hall–Kier alpha value is -0.820. The van der Waals surface area contributed by atoms with Gasteiger partial charge in [0, 0.05) is 31.6 Å². The fraction of sp³-hybridized carbons (Fsp3) is 0.545. The molecule has 100 valence electrons. The highest BCUT2D eigenvalue weighted by Gasteiger charge is 2.26. The fourth-order valence-electron chi connectivity index (χ4n) is 1.84. The normalized spacial score (nSPS) is 20.9. The van der Waals surface area contributed by atoms with Crippen LogP contribution >= 0.6 is 22.9 Å². The molecule has 0 unspecified atom stereocenters. The lowest BCUT2D eigenvalue weighted by Gasteiger charge is -2.36. The number of ether oxygens (including phenoxy) is 1. The summed E-state index contributed by atoms with van der Waals surface area (Å²) in [6.07, 6.45) is -1.37. The second kappa shape index (κ2) is 5.88.